The fourth-order valence-corrected chi connectivity index (χ4v) is 5.35. The van der Waals surface area contributed by atoms with Gasteiger partial charge >= 0.3 is 0 Å². The summed E-state index contributed by atoms with van der Waals surface area (Å²) in [6.45, 7) is 2.16. The smallest absolute Gasteiger partial charge is 0.245 e. The van der Waals surface area contributed by atoms with Crippen LogP contribution >= 0.6 is 0 Å². The van der Waals surface area contributed by atoms with Crippen LogP contribution in [0.15, 0.2) is 53.6 Å². The maximum atomic E-state index is 13.7. The summed E-state index contributed by atoms with van der Waals surface area (Å²) >= 11 is 0. The highest BCUT2D eigenvalue weighted by molar-refractivity contribution is 7.89. The topological polar surface area (TPSA) is 68.7 Å². The first-order valence-corrected chi connectivity index (χ1v) is 11.0. The van der Waals surface area contributed by atoms with E-state index in [1.807, 2.05) is 25.1 Å². The minimum Gasteiger partial charge on any atom is -0.497 e. The zero-order valence-electron chi connectivity index (χ0n) is 16.8. The van der Waals surface area contributed by atoms with E-state index in [9.17, 15) is 8.42 Å². The molecule has 0 spiro atoms. The summed E-state index contributed by atoms with van der Waals surface area (Å²) in [5, 5.41) is 0.820. The van der Waals surface area contributed by atoms with E-state index in [0.29, 0.717) is 17.0 Å². The molecule has 1 saturated carbocycles. The summed E-state index contributed by atoms with van der Waals surface area (Å²) in [7, 11) is -0.576. The monoisotopic (exact) mass is 412 g/mol. The molecule has 1 heterocycles. The van der Waals surface area contributed by atoms with Crippen molar-refractivity contribution >= 4 is 20.9 Å². The van der Waals surface area contributed by atoms with Crippen molar-refractivity contribution in [2.24, 2.45) is 0 Å². The summed E-state index contributed by atoms with van der Waals surface area (Å²) < 4.78 is 39.7. The third kappa shape index (κ3) is 3.80. The molecule has 0 saturated heterocycles. The number of hydrogen-bond donors (Lipinski definition) is 0. The Morgan fingerprint density at radius 1 is 1.10 bits per heavy atom. The number of sulfonamides is 1. The van der Waals surface area contributed by atoms with Crippen LogP contribution in [-0.2, 0) is 16.6 Å². The molecule has 7 heteroatoms. The molecule has 3 aromatic rings. The quantitative estimate of drug-likeness (QED) is 0.588. The van der Waals surface area contributed by atoms with Gasteiger partial charge in [-0.2, -0.15) is 4.31 Å². The first kappa shape index (κ1) is 19.7. The first-order valence-electron chi connectivity index (χ1n) is 9.52. The molecule has 0 unspecified atom stereocenters. The Balaban J connectivity index is 1.79. The number of rotatable bonds is 7. The molecule has 0 bridgehead atoms. The highest BCUT2D eigenvalue weighted by Gasteiger charge is 2.39. The third-order valence-corrected chi connectivity index (χ3v) is 7.10. The maximum Gasteiger partial charge on any atom is 0.245 e. The average Bonchev–Trinajstić information content (AvgIpc) is 3.55. The predicted molar refractivity (Wildman–Crippen MR) is 112 cm³/mol. The molecule has 1 aliphatic carbocycles. The molecule has 152 valence electrons. The number of pyridine rings is 1. The van der Waals surface area contributed by atoms with Crippen molar-refractivity contribution in [3.05, 3.63) is 59.8 Å². The van der Waals surface area contributed by atoms with Crippen molar-refractivity contribution < 1.29 is 17.9 Å². The van der Waals surface area contributed by atoms with Crippen LogP contribution in [0.5, 0.6) is 11.5 Å². The van der Waals surface area contributed by atoms with E-state index < -0.39 is 10.0 Å². The molecule has 0 aliphatic heterocycles. The molecule has 29 heavy (non-hydrogen) atoms. The lowest BCUT2D eigenvalue weighted by atomic mass is 10.2. The molecule has 0 amide bonds. The third-order valence-electron chi connectivity index (χ3n) is 5.17. The second-order valence-electron chi connectivity index (χ2n) is 7.30. The van der Waals surface area contributed by atoms with Gasteiger partial charge in [0.1, 0.15) is 16.4 Å². The number of para-hydroxylation sites is 1. The second-order valence-corrected chi connectivity index (χ2v) is 9.16. The summed E-state index contributed by atoms with van der Waals surface area (Å²) in [6, 6.07) is 12.7. The van der Waals surface area contributed by atoms with E-state index in [1.54, 1.807) is 49.0 Å². The highest BCUT2D eigenvalue weighted by atomic mass is 32.2. The zero-order chi connectivity index (χ0) is 20.6. The van der Waals surface area contributed by atoms with Crippen LogP contribution in [0, 0.1) is 6.92 Å². The van der Waals surface area contributed by atoms with Crippen molar-refractivity contribution in [2.45, 2.75) is 37.2 Å². The Morgan fingerprint density at radius 3 is 2.59 bits per heavy atom. The number of hydrogen-bond acceptors (Lipinski definition) is 5. The molecule has 2 aromatic carbocycles. The lowest BCUT2D eigenvalue weighted by molar-refractivity contribution is 0.369. The highest BCUT2D eigenvalue weighted by Crippen LogP contribution is 2.37. The van der Waals surface area contributed by atoms with Crippen LogP contribution in [0.1, 0.15) is 24.0 Å². The summed E-state index contributed by atoms with van der Waals surface area (Å²) in [5.41, 5.74) is 2.26. The van der Waals surface area contributed by atoms with Gasteiger partial charge in [0.25, 0.3) is 0 Å². The van der Waals surface area contributed by atoms with Crippen molar-refractivity contribution in [3.63, 3.8) is 0 Å². The minimum absolute atomic E-state index is 0.0170. The maximum absolute atomic E-state index is 13.7. The SMILES string of the molecule is COc1ccc(OC)c(CN(C2CC2)S(=O)(=O)c2cccc3cc(C)cnc23)c1. The van der Waals surface area contributed by atoms with Crippen molar-refractivity contribution in [2.75, 3.05) is 14.2 Å². The average molecular weight is 413 g/mol. The van der Waals surface area contributed by atoms with Gasteiger partial charge in [0.05, 0.1) is 19.7 Å². The number of benzene rings is 2. The van der Waals surface area contributed by atoms with Crippen LogP contribution < -0.4 is 9.47 Å². The first-order chi connectivity index (χ1) is 13.9. The van der Waals surface area contributed by atoms with Crippen LogP contribution in [0.25, 0.3) is 10.9 Å². The Labute approximate surface area is 171 Å². The van der Waals surface area contributed by atoms with E-state index in [2.05, 4.69) is 4.98 Å². The fourth-order valence-electron chi connectivity index (χ4n) is 3.52. The summed E-state index contributed by atoms with van der Waals surface area (Å²) in [5.74, 6) is 1.30. The van der Waals surface area contributed by atoms with Gasteiger partial charge in [-0.3, -0.25) is 4.98 Å². The standard InChI is InChI=1S/C22H24N2O4S/c1-15-11-16-5-4-6-21(22(16)23-13-15)29(25,26)24(18-7-8-18)14-17-12-19(27-2)9-10-20(17)28-3/h4-6,9-13,18H,7-8,14H2,1-3H3. The van der Waals surface area contributed by atoms with Gasteiger partial charge in [-0.05, 0) is 55.7 Å². The number of ether oxygens (including phenoxy) is 2. The van der Waals surface area contributed by atoms with E-state index >= 15 is 0 Å². The fraction of sp³-hybridized carbons (Fsp3) is 0.318. The van der Waals surface area contributed by atoms with E-state index in [4.69, 9.17) is 9.47 Å². The molecular weight excluding hydrogens is 388 g/mol. The van der Waals surface area contributed by atoms with Crippen LogP contribution in [-0.4, -0.2) is 38.0 Å². The number of aryl methyl sites for hydroxylation is 1. The number of nitrogens with zero attached hydrogens (tertiary/aromatic N) is 2. The second kappa shape index (κ2) is 7.65. The predicted octanol–water partition coefficient (Wildman–Crippen LogP) is 3.91. The normalized spacial score (nSPS) is 14.3. The van der Waals surface area contributed by atoms with Crippen LogP contribution in [0.4, 0.5) is 0 Å². The molecule has 1 aromatic heterocycles. The van der Waals surface area contributed by atoms with Gasteiger partial charge in [-0.1, -0.05) is 12.1 Å². The molecule has 4 rings (SSSR count). The Hall–Kier alpha value is -2.64. The van der Waals surface area contributed by atoms with Gasteiger partial charge in [-0.25, -0.2) is 8.42 Å². The number of fused-ring (bicyclic) bond motifs is 1. The van der Waals surface area contributed by atoms with Gasteiger partial charge in [-0.15, -0.1) is 0 Å². The number of methoxy groups -OCH3 is 2. The summed E-state index contributed by atoms with van der Waals surface area (Å²) in [4.78, 5) is 4.67. The minimum atomic E-state index is -3.75. The van der Waals surface area contributed by atoms with E-state index in [-0.39, 0.29) is 17.5 Å². The van der Waals surface area contributed by atoms with Crippen molar-refractivity contribution in [3.8, 4) is 11.5 Å². The van der Waals surface area contributed by atoms with Crippen molar-refractivity contribution in [1.82, 2.24) is 9.29 Å². The van der Waals surface area contributed by atoms with Crippen LogP contribution in [0.3, 0.4) is 0 Å². The molecule has 1 fully saturated rings. The lowest BCUT2D eigenvalue weighted by Gasteiger charge is -2.24. The van der Waals surface area contributed by atoms with E-state index in [1.165, 1.54) is 0 Å². The Kier molecular flexibility index (Phi) is 5.19. The van der Waals surface area contributed by atoms with Gasteiger partial charge < -0.3 is 9.47 Å². The van der Waals surface area contributed by atoms with Gasteiger partial charge in [0, 0.05) is 29.7 Å². The molecule has 6 nitrogen and oxygen atoms in total. The lowest BCUT2D eigenvalue weighted by Crippen LogP contribution is -2.33. The Morgan fingerprint density at radius 2 is 1.90 bits per heavy atom. The van der Waals surface area contributed by atoms with Gasteiger partial charge in [0.15, 0.2) is 0 Å². The molecule has 1 aliphatic rings. The van der Waals surface area contributed by atoms with E-state index in [0.717, 1.165) is 29.4 Å². The Bertz CT molecular complexity index is 1160. The number of aromatic nitrogens is 1. The molecular formula is C22H24N2O4S. The molecule has 0 radical (unpaired) electrons. The molecule has 0 atom stereocenters. The van der Waals surface area contributed by atoms with Crippen molar-refractivity contribution in [1.29, 1.82) is 0 Å². The zero-order valence-corrected chi connectivity index (χ0v) is 17.6. The molecule has 0 N–H and O–H groups in total. The van der Waals surface area contributed by atoms with Crippen LogP contribution in [0.2, 0.25) is 0 Å². The van der Waals surface area contributed by atoms with Gasteiger partial charge in [0.2, 0.25) is 10.0 Å². The largest absolute Gasteiger partial charge is 0.497 e. The summed E-state index contributed by atoms with van der Waals surface area (Å²) in [6.07, 6.45) is 3.40.